The number of aromatic amines is 1. The lowest BCUT2D eigenvalue weighted by molar-refractivity contribution is -0.176. The number of anilines is 1. The summed E-state index contributed by atoms with van der Waals surface area (Å²) in [4.78, 5) is 30.6. The third-order valence-electron chi connectivity index (χ3n) is 3.65. The van der Waals surface area contributed by atoms with Crippen molar-refractivity contribution in [3.05, 3.63) is 70.3 Å². The molecule has 0 fully saturated rings. The summed E-state index contributed by atoms with van der Waals surface area (Å²) in [6.07, 6.45) is -3.08. The topological polar surface area (TPSA) is 84.1 Å². The second-order valence-corrected chi connectivity index (χ2v) is 5.72. The van der Waals surface area contributed by atoms with Crippen molar-refractivity contribution in [3.8, 4) is 0 Å². The van der Waals surface area contributed by atoms with E-state index in [1.54, 1.807) is 12.1 Å². The minimum atomic E-state index is -4.38. The molecule has 9 heteroatoms. The van der Waals surface area contributed by atoms with Gasteiger partial charge in [0.2, 0.25) is 0 Å². The molecule has 0 aliphatic rings. The van der Waals surface area contributed by atoms with E-state index in [2.05, 4.69) is 20.0 Å². The van der Waals surface area contributed by atoms with Crippen LogP contribution in [0.5, 0.6) is 0 Å². The monoisotopic (exact) mass is 377 g/mol. The Kier molecular flexibility index (Phi) is 5.22. The maximum Gasteiger partial charge on any atom is 0.411 e. The zero-order valence-electron chi connectivity index (χ0n) is 13.8. The third kappa shape index (κ3) is 4.91. The third-order valence-corrected chi connectivity index (χ3v) is 3.65. The molecule has 0 aliphatic carbocycles. The predicted molar refractivity (Wildman–Crippen MR) is 92.5 cm³/mol. The molecule has 0 saturated heterocycles. The number of ether oxygens (including phenoxy) is 1. The molecule has 1 amide bonds. The zero-order chi connectivity index (χ0) is 19.4. The van der Waals surface area contributed by atoms with Gasteiger partial charge in [-0.2, -0.15) is 13.2 Å². The number of rotatable bonds is 5. The molecule has 6 nitrogen and oxygen atoms in total. The van der Waals surface area contributed by atoms with Crippen LogP contribution in [0.2, 0.25) is 0 Å². The molecule has 0 saturated carbocycles. The molecule has 2 N–H and O–H groups in total. The van der Waals surface area contributed by atoms with Gasteiger partial charge >= 0.3 is 6.18 Å². The standard InChI is InChI=1S/C18H14F3N3O3/c19-18(20,21)9-27-8-11-1-3-12(4-2-11)16(25)24-13-5-6-15-14(7-13)17(26)23-10-22-15/h1-7,10H,8-9H2,(H,24,25)(H,22,23,26). The number of alkyl halides is 3. The lowest BCUT2D eigenvalue weighted by atomic mass is 10.1. The summed E-state index contributed by atoms with van der Waals surface area (Å²) in [6, 6.07) is 10.7. The number of nitrogens with zero attached hydrogens (tertiary/aromatic N) is 1. The van der Waals surface area contributed by atoms with Crippen LogP contribution >= 0.6 is 0 Å². The van der Waals surface area contributed by atoms with Crippen molar-refractivity contribution in [1.29, 1.82) is 0 Å². The molecule has 1 aromatic heterocycles. The summed E-state index contributed by atoms with van der Waals surface area (Å²) >= 11 is 0. The van der Waals surface area contributed by atoms with Gasteiger partial charge in [-0.25, -0.2) is 4.98 Å². The Morgan fingerprint density at radius 3 is 2.59 bits per heavy atom. The van der Waals surface area contributed by atoms with Crippen molar-refractivity contribution < 1.29 is 22.7 Å². The van der Waals surface area contributed by atoms with E-state index in [1.165, 1.54) is 36.7 Å². The summed E-state index contributed by atoms with van der Waals surface area (Å²) in [5.41, 5.74) is 1.43. The molecule has 0 atom stereocenters. The first-order chi connectivity index (χ1) is 12.8. The number of carbonyl (C=O) groups excluding carboxylic acids is 1. The van der Waals surface area contributed by atoms with E-state index in [0.717, 1.165) is 0 Å². The number of nitrogens with one attached hydrogen (secondary N) is 2. The van der Waals surface area contributed by atoms with Crippen LogP contribution in [0, 0.1) is 0 Å². The summed E-state index contributed by atoms with van der Waals surface area (Å²) < 4.78 is 40.7. The first-order valence-corrected chi connectivity index (χ1v) is 7.84. The van der Waals surface area contributed by atoms with Gasteiger partial charge in [-0.05, 0) is 35.9 Å². The smallest absolute Gasteiger partial charge is 0.367 e. The molecule has 0 aliphatic heterocycles. The van der Waals surface area contributed by atoms with E-state index in [0.29, 0.717) is 27.7 Å². The number of aromatic nitrogens is 2. The number of amides is 1. The normalized spacial score (nSPS) is 11.5. The van der Waals surface area contributed by atoms with E-state index >= 15 is 0 Å². The van der Waals surface area contributed by atoms with Crippen LogP contribution in [0.15, 0.2) is 53.6 Å². The number of hydrogen-bond acceptors (Lipinski definition) is 4. The summed E-state index contributed by atoms with van der Waals surface area (Å²) in [5, 5.41) is 3.00. The Morgan fingerprint density at radius 2 is 1.89 bits per heavy atom. The van der Waals surface area contributed by atoms with Crippen LogP contribution < -0.4 is 10.9 Å². The first kappa shape index (κ1) is 18.6. The maximum absolute atomic E-state index is 12.3. The molecule has 0 bridgehead atoms. The Labute approximate surface area is 151 Å². The second-order valence-electron chi connectivity index (χ2n) is 5.72. The van der Waals surface area contributed by atoms with Crippen molar-refractivity contribution in [2.75, 3.05) is 11.9 Å². The van der Waals surface area contributed by atoms with Gasteiger partial charge in [0.15, 0.2) is 0 Å². The molecular weight excluding hydrogens is 363 g/mol. The SMILES string of the molecule is O=C(Nc1ccc2nc[nH]c(=O)c2c1)c1ccc(COCC(F)(F)F)cc1. The fourth-order valence-corrected chi connectivity index (χ4v) is 2.39. The van der Waals surface area contributed by atoms with Crippen molar-refractivity contribution >= 4 is 22.5 Å². The number of fused-ring (bicyclic) bond motifs is 1. The largest absolute Gasteiger partial charge is 0.411 e. The Hall–Kier alpha value is -3.20. The highest BCUT2D eigenvalue weighted by molar-refractivity contribution is 6.05. The molecule has 2 aromatic carbocycles. The average molecular weight is 377 g/mol. The molecule has 0 radical (unpaired) electrons. The minimum absolute atomic E-state index is 0.206. The van der Waals surface area contributed by atoms with E-state index in [4.69, 9.17) is 0 Å². The molecule has 3 rings (SSSR count). The number of benzene rings is 2. The summed E-state index contributed by atoms with van der Waals surface area (Å²) in [7, 11) is 0. The van der Waals surface area contributed by atoms with Crippen LogP contribution in [-0.4, -0.2) is 28.7 Å². The fraction of sp³-hybridized carbons (Fsp3) is 0.167. The van der Waals surface area contributed by atoms with Gasteiger partial charge in [-0.1, -0.05) is 12.1 Å². The van der Waals surface area contributed by atoms with Gasteiger partial charge < -0.3 is 15.0 Å². The Balaban J connectivity index is 1.66. The van der Waals surface area contributed by atoms with Crippen LogP contribution in [0.3, 0.4) is 0 Å². The van der Waals surface area contributed by atoms with Gasteiger partial charge in [-0.15, -0.1) is 0 Å². The number of H-pyrrole nitrogens is 1. The number of hydrogen-bond donors (Lipinski definition) is 2. The predicted octanol–water partition coefficient (Wildman–Crippen LogP) is 3.25. The zero-order valence-corrected chi connectivity index (χ0v) is 13.8. The molecular formula is C18H14F3N3O3. The molecule has 1 heterocycles. The Morgan fingerprint density at radius 1 is 1.15 bits per heavy atom. The Bertz CT molecular complexity index is 1010. The van der Waals surface area contributed by atoms with Crippen molar-refractivity contribution in [1.82, 2.24) is 9.97 Å². The van der Waals surface area contributed by atoms with Crippen molar-refractivity contribution in [2.24, 2.45) is 0 Å². The number of carbonyl (C=O) groups is 1. The van der Waals surface area contributed by atoms with Crippen molar-refractivity contribution in [3.63, 3.8) is 0 Å². The highest BCUT2D eigenvalue weighted by Gasteiger charge is 2.27. The second kappa shape index (κ2) is 7.58. The fourth-order valence-electron chi connectivity index (χ4n) is 2.39. The van der Waals surface area contributed by atoms with Gasteiger partial charge in [0, 0.05) is 11.3 Å². The molecule has 0 unspecified atom stereocenters. The highest BCUT2D eigenvalue weighted by atomic mass is 19.4. The molecule has 0 spiro atoms. The quantitative estimate of drug-likeness (QED) is 0.715. The van der Waals surface area contributed by atoms with Gasteiger partial charge in [0.25, 0.3) is 11.5 Å². The van der Waals surface area contributed by atoms with Crippen molar-refractivity contribution in [2.45, 2.75) is 12.8 Å². The summed E-state index contributed by atoms with van der Waals surface area (Å²) in [5.74, 6) is -0.419. The lowest BCUT2D eigenvalue weighted by Gasteiger charge is -2.09. The van der Waals surface area contributed by atoms with Crippen LogP contribution in [0.25, 0.3) is 10.9 Å². The van der Waals surface area contributed by atoms with Gasteiger partial charge in [0.05, 0.1) is 23.8 Å². The number of halogens is 3. The van der Waals surface area contributed by atoms with E-state index < -0.39 is 18.7 Å². The molecule has 27 heavy (non-hydrogen) atoms. The van der Waals surface area contributed by atoms with Gasteiger partial charge in [0.1, 0.15) is 6.61 Å². The highest BCUT2D eigenvalue weighted by Crippen LogP contribution is 2.17. The molecule has 3 aromatic rings. The van der Waals surface area contributed by atoms with E-state index in [-0.39, 0.29) is 12.2 Å². The van der Waals surface area contributed by atoms with Gasteiger partial charge in [-0.3, -0.25) is 9.59 Å². The molecule has 140 valence electrons. The van der Waals surface area contributed by atoms with Crippen LogP contribution in [0.1, 0.15) is 15.9 Å². The van der Waals surface area contributed by atoms with E-state index in [9.17, 15) is 22.8 Å². The van der Waals surface area contributed by atoms with Crippen LogP contribution in [-0.2, 0) is 11.3 Å². The minimum Gasteiger partial charge on any atom is -0.367 e. The van der Waals surface area contributed by atoms with Crippen LogP contribution in [0.4, 0.5) is 18.9 Å². The van der Waals surface area contributed by atoms with E-state index in [1.807, 2.05) is 0 Å². The first-order valence-electron chi connectivity index (χ1n) is 7.84. The lowest BCUT2D eigenvalue weighted by Crippen LogP contribution is -2.16. The summed E-state index contributed by atoms with van der Waals surface area (Å²) in [6.45, 7) is -1.53. The maximum atomic E-state index is 12.3. The average Bonchev–Trinajstić information content (AvgIpc) is 2.62.